The van der Waals surface area contributed by atoms with E-state index in [1.807, 2.05) is 6.92 Å². The molecule has 150 valence electrons. The summed E-state index contributed by atoms with van der Waals surface area (Å²) in [4.78, 5) is 47.0. The molecule has 0 heterocycles. The Morgan fingerprint density at radius 3 is 2.08 bits per heavy atom. The van der Waals surface area contributed by atoms with Crippen LogP contribution in [0.5, 0.6) is 0 Å². The fraction of sp³-hybridized carbons (Fsp3) is 0.733. The predicted molar refractivity (Wildman–Crippen MR) is 97.5 cm³/mol. The van der Waals surface area contributed by atoms with Gasteiger partial charge in [0.1, 0.15) is 24.7 Å². The Morgan fingerprint density at radius 1 is 1.08 bits per heavy atom. The molecular formula is C15H28N4O6S. The fourth-order valence-electron chi connectivity index (χ4n) is 1.91. The number of carboxylic acid groups (broad SMARTS) is 1. The van der Waals surface area contributed by atoms with Crippen LogP contribution in [0.25, 0.3) is 0 Å². The lowest BCUT2D eigenvalue weighted by Gasteiger charge is -2.27. The van der Waals surface area contributed by atoms with Gasteiger partial charge < -0.3 is 31.9 Å². The molecule has 0 saturated carbocycles. The maximum Gasteiger partial charge on any atom is 0.322 e. The number of carbonyl (C=O) groups is 4. The molecule has 0 aliphatic heterocycles. The third-order valence-electron chi connectivity index (χ3n) is 3.85. The number of aliphatic hydroxyl groups is 1. The van der Waals surface area contributed by atoms with Gasteiger partial charge in [0, 0.05) is 5.75 Å². The summed E-state index contributed by atoms with van der Waals surface area (Å²) >= 11 is 3.98. The molecule has 0 rings (SSSR count). The normalized spacial score (nSPS) is 16.5. The molecule has 0 aromatic carbocycles. The van der Waals surface area contributed by atoms with Crippen LogP contribution >= 0.6 is 12.6 Å². The van der Waals surface area contributed by atoms with Gasteiger partial charge >= 0.3 is 5.97 Å². The number of aliphatic carboxylic acids is 1. The Morgan fingerprint density at radius 2 is 1.65 bits per heavy atom. The second-order valence-electron chi connectivity index (χ2n) is 5.99. The fourth-order valence-corrected chi connectivity index (χ4v) is 2.17. The van der Waals surface area contributed by atoms with Crippen molar-refractivity contribution < 1.29 is 29.4 Å². The zero-order chi connectivity index (χ0) is 20.4. The van der Waals surface area contributed by atoms with Crippen molar-refractivity contribution in [2.75, 3.05) is 12.3 Å². The van der Waals surface area contributed by atoms with E-state index in [4.69, 9.17) is 10.8 Å². The van der Waals surface area contributed by atoms with Gasteiger partial charge in [-0.15, -0.1) is 0 Å². The first-order valence-corrected chi connectivity index (χ1v) is 8.83. The van der Waals surface area contributed by atoms with Gasteiger partial charge in [-0.3, -0.25) is 19.2 Å². The minimum Gasteiger partial charge on any atom is -0.480 e. The van der Waals surface area contributed by atoms with Crippen LogP contribution in [-0.2, 0) is 19.2 Å². The zero-order valence-electron chi connectivity index (χ0n) is 15.1. The molecular weight excluding hydrogens is 364 g/mol. The van der Waals surface area contributed by atoms with E-state index in [2.05, 4.69) is 28.6 Å². The van der Waals surface area contributed by atoms with Crippen molar-refractivity contribution in [1.29, 1.82) is 0 Å². The van der Waals surface area contributed by atoms with E-state index >= 15 is 0 Å². The number of amides is 3. The van der Waals surface area contributed by atoms with E-state index in [1.165, 1.54) is 6.92 Å². The number of thiol groups is 1. The highest BCUT2D eigenvalue weighted by Gasteiger charge is 2.31. The van der Waals surface area contributed by atoms with Crippen molar-refractivity contribution in [3.8, 4) is 0 Å². The molecule has 5 atom stereocenters. The summed E-state index contributed by atoms with van der Waals surface area (Å²) < 4.78 is 0. The maximum absolute atomic E-state index is 12.5. The van der Waals surface area contributed by atoms with Gasteiger partial charge in [-0.1, -0.05) is 20.3 Å². The number of aliphatic hydroxyl groups excluding tert-OH is 1. The monoisotopic (exact) mass is 392 g/mol. The first-order chi connectivity index (χ1) is 12.0. The SMILES string of the molecule is CCC(C)C(NC(=O)C(N)C(C)O)C(=O)NC(CS)C(=O)NCC(=O)O. The van der Waals surface area contributed by atoms with Crippen molar-refractivity contribution in [2.45, 2.75) is 51.4 Å². The first kappa shape index (κ1) is 24.1. The molecule has 0 fully saturated rings. The highest BCUT2D eigenvalue weighted by molar-refractivity contribution is 7.80. The first-order valence-electron chi connectivity index (χ1n) is 8.19. The molecule has 0 spiro atoms. The zero-order valence-corrected chi connectivity index (χ0v) is 16.0. The van der Waals surface area contributed by atoms with Crippen molar-refractivity contribution in [2.24, 2.45) is 11.7 Å². The van der Waals surface area contributed by atoms with E-state index in [-0.39, 0.29) is 11.7 Å². The molecule has 3 amide bonds. The van der Waals surface area contributed by atoms with Gasteiger partial charge in [0.05, 0.1) is 6.10 Å². The molecule has 26 heavy (non-hydrogen) atoms. The standard InChI is InChI=1S/C15H28N4O6S/c1-4-7(2)12(19-14(24)11(16)8(3)20)15(25)18-9(6-26)13(23)17-5-10(21)22/h7-9,11-12,20,26H,4-6,16H2,1-3H3,(H,17,23)(H,18,25)(H,19,24)(H,21,22). The van der Waals surface area contributed by atoms with Crippen molar-refractivity contribution >= 4 is 36.3 Å². The Kier molecular flexibility index (Phi) is 10.9. The summed E-state index contributed by atoms with van der Waals surface area (Å²) in [5.41, 5.74) is 5.57. The molecule has 5 unspecified atom stereocenters. The van der Waals surface area contributed by atoms with Crippen molar-refractivity contribution in [1.82, 2.24) is 16.0 Å². The number of hydrogen-bond acceptors (Lipinski definition) is 7. The topological polar surface area (TPSA) is 171 Å². The maximum atomic E-state index is 12.5. The van der Waals surface area contributed by atoms with E-state index in [0.29, 0.717) is 6.42 Å². The van der Waals surface area contributed by atoms with Crippen LogP contribution in [0.4, 0.5) is 0 Å². The van der Waals surface area contributed by atoms with E-state index in [1.54, 1.807) is 6.92 Å². The molecule has 0 aliphatic rings. The molecule has 0 aromatic rings. The highest BCUT2D eigenvalue weighted by atomic mass is 32.1. The summed E-state index contributed by atoms with van der Waals surface area (Å²) in [7, 11) is 0. The van der Waals surface area contributed by atoms with Gasteiger partial charge in [-0.25, -0.2) is 0 Å². The molecule has 7 N–H and O–H groups in total. The smallest absolute Gasteiger partial charge is 0.322 e. The summed E-state index contributed by atoms with van der Waals surface area (Å²) in [6, 6.07) is -3.25. The largest absolute Gasteiger partial charge is 0.480 e. The minimum atomic E-state index is -1.22. The van der Waals surface area contributed by atoms with Crippen LogP contribution in [0.3, 0.4) is 0 Å². The average molecular weight is 392 g/mol. The van der Waals surface area contributed by atoms with E-state index in [0.717, 1.165) is 0 Å². The van der Waals surface area contributed by atoms with E-state index < -0.39 is 54.5 Å². The Labute approximate surface area is 157 Å². The lowest BCUT2D eigenvalue weighted by molar-refractivity contribution is -0.138. The molecule has 0 aromatic heterocycles. The number of carboxylic acids is 1. The molecule has 0 aliphatic carbocycles. The highest BCUT2D eigenvalue weighted by Crippen LogP contribution is 2.09. The van der Waals surface area contributed by atoms with Crippen LogP contribution in [0.1, 0.15) is 27.2 Å². The van der Waals surface area contributed by atoms with Gasteiger partial charge in [0.15, 0.2) is 0 Å². The lowest BCUT2D eigenvalue weighted by atomic mass is 9.97. The molecule has 0 radical (unpaired) electrons. The van der Waals surface area contributed by atoms with Gasteiger partial charge in [-0.2, -0.15) is 12.6 Å². The van der Waals surface area contributed by atoms with Crippen molar-refractivity contribution in [3.05, 3.63) is 0 Å². The second-order valence-corrected chi connectivity index (χ2v) is 6.36. The van der Waals surface area contributed by atoms with Crippen molar-refractivity contribution in [3.63, 3.8) is 0 Å². The van der Waals surface area contributed by atoms with Gasteiger partial charge in [0.25, 0.3) is 0 Å². The molecule has 11 heteroatoms. The van der Waals surface area contributed by atoms with Crippen LogP contribution in [0.2, 0.25) is 0 Å². The van der Waals surface area contributed by atoms with E-state index in [9.17, 15) is 24.3 Å². The lowest BCUT2D eigenvalue weighted by Crippen LogP contribution is -2.59. The number of rotatable bonds is 11. The molecule has 0 bridgehead atoms. The summed E-state index contributed by atoms with van der Waals surface area (Å²) in [6.45, 7) is 4.32. The molecule has 10 nitrogen and oxygen atoms in total. The Hall–Kier alpha value is -1.85. The summed E-state index contributed by atoms with van der Waals surface area (Å²) in [5.74, 6) is -3.59. The van der Waals surface area contributed by atoms with Gasteiger partial charge in [0.2, 0.25) is 17.7 Å². The van der Waals surface area contributed by atoms with Crippen LogP contribution in [0, 0.1) is 5.92 Å². The number of nitrogens with one attached hydrogen (secondary N) is 3. The number of carbonyl (C=O) groups excluding carboxylic acids is 3. The average Bonchev–Trinajstić information content (AvgIpc) is 2.59. The van der Waals surface area contributed by atoms with Crippen LogP contribution in [-0.4, -0.2) is 70.4 Å². The third kappa shape index (κ3) is 8.02. The second kappa shape index (κ2) is 11.7. The summed E-state index contributed by atoms with van der Waals surface area (Å²) in [5, 5.41) is 25.1. The predicted octanol–water partition coefficient (Wildman–Crippen LogP) is -2.16. The number of nitrogens with two attached hydrogens (primary N) is 1. The van der Waals surface area contributed by atoms with Gasteiger partial charge in [-0.05, 0) is 12.8 Å². The third-order valence-corrected chi connectivity index (χ3v) is 4.21. The number of hydrogen-bond donors (Lipinski definition) is 7. The minimum absolute atomic E-state index is 0.0639. The van der Waals surface area contributed by atoms with Crippen LogP contribution < -0.4 is 21.7 Å². The Balaban J connectivity index is 5.08. The Bertz CT molecular complexity index is 516. The molecule has 0 saturated heterocycles. The quantitative estimate of drug-likeness (QED) is 0.196. The summed E-state index contributed by atoms with van der Waals surface area (Å²) in [6.07, 6.45) is -0.540. The van der Waals surface area contributed by atoms with Crippen LogP contribution in [0.15, 0.2) is 0 Å².